The lowest BCUT2D eigenvalue weighted by molar-refractivity contribution is 0.00937. The highest BCUT2D eigenvalue weighted by Gasteiger charge is 2.27. The number of piperidine rings is 1. The highest BCUT2D eigenvalue weighted by atomic mass is 79.9. The van der Waals surface area contributed by atoms with Crippen molar-refractivity contribution in [2.24, 2.45) is 0 Å². The molecule has 2 atom stereocenters. The predicted molar refractivity (Wildman–Crippen MR) is 136 cm³/mol. The molecule has 34 heavy (non-hydrogen) atoms. The number of hydrogen-bond acceptors (Lipinski definition) is 4. The monoisotopic (exact) mass is 527 g/mol. The Morgan fingerprint density at radius 3 is 2.56 bits per heavy atom. The number of halogens is 2. The van der Waals surface area contributed by atoms with Crippen LogP contribution in [0, 0.1) is 5.82 Å². The van der Waals surface area contributed by atoms with E-state index < -0.39 is 0 Å². The van der Waals surface area contributed by atoms with E-state index in [2.05, 4.69) is 45.5 Å². The van der Waals surface area contributed by atoms with Gasteiger partial charge in [0.25, 0.3) is 0 Å². The summed E-state index contributed by atoms with van der Waals surface area (Å²) >= 11 is 3.30. The van der Waals surface area contributed by atoms with Gasteiger partial charge in [0.2, 0.25) is 0 Å². The van der Waals surface area contributed by atoms with Gasteiger partial charge in [-0.05, 0) is 48.4 Å². The van der Waals surface area contributed by atoms with Crippen LogP contribution in [0.5, 0.6) is 5.75 Å². The fraction of sp³-hybridized carbons (Fsp3) is 0.357. The maximum Gasteiger partial charge on any atom is 0.129 e. The fourth-order valence-electron chi connectivity index (χ4n) is 4.15. The summed E-state index contributed by atoms with van der Waals surface area (Å²) < 4.78 is 32.7. The van der Waals surface area contributed by atoms with Crippen molar-refractivity contribution in [3.63, 3.8) is 0 Å². The molecular formula is C28H31BrFNO3. The molecule has 1 saturated heterocycles. The first-order valence-electron chi connectivity index (χ1n) is 11.8. The Bertz CT molecular complexity index is 1020. The average Bonchev–Trinajstić information content (AvgIpc) is 2.87. The van der Waals surface area contributed by atoms with Gasteiger partial charge in [-0.2, -0.15) is 0 Å². The molecule has 180 valence electrons. The molecule has 2 unspecified atom stereocenters. The van der Waals surface area contributed by atoms with Crippen LogP contribution < -0.4 is 10.1 Å². The van der Waals surface area contributed by atoms with Crippen molar-refractivity contribution in [1.29, 1.82) is 0 Å². The Balaban J connectivity index is 1.22. The highest BCUT2D eigenvalue weighted by Crippen LogP contribution is 2.30. The van der Waals surface area contributed by atoms with Crippen molar-refractivity contribution in [3.05, 3.63) is 99.8 Å². The molecule has 3 aromatic carbocycles. The van der Waals surface area contributed by atoms with Crippen molar-refractivity contribution >= 4 is 15.9 Å². The van der Waals surface area contributed by atoms with Crippen LogP contribution in [0.2, 0.25) is 0 Å². The SMILES string of the molecule is Fc1cc(Br)ccc1COC1CNCCC1c1ccc(OCCCOCc2ccccc2)cc1. The zero-order chi connectivity index (χ0) is 23.6. The lowest BCUT2D eigenvalue weighted by Gasteiger charge is -2.32. The lowest BCUT2D eigenvalue weighted by atomic mass is 9.87. The molecule has 0 radical (unpaired) electrons. The topological polar surface area (TPSA) is 39.7 Å². The summed E-state index contributed by atoms with van der Waals surface area (Å²) in [6, 6.07) is 23.5. The maximum atomic E-state index is 14.2. The second-order valence-electron chi connectivity index (χ2n) is 8.49. The normalized spacial score (nSPS) is 18.1. The van der Waals surface area contributed by atoms with Crippen LogP contribution in [-0.4, -0.2) is 32.4 Å². The first-order chi connectivity index (χ1) is 16.7. The van der Waals surface area contributed by atoms with Gasteiger partial charge in [-0.25, -0.2) is 4.39 Å². The maximum absolute atomic E-state index is 14.2. The summed E-state index contributed by atoms with van der Waals surface area (Å²) in [7, 11) is 0. The fourth-order valence-corrected chi connectivity index (χ4v) is 4.48. The van der Waals surface area contributed by atoms with Gasteiger partial charge in [-0.3, -0.25) is 0 Å². The minimum atomic E-state index is -0.248. The summed E-state index contributed by atoms with van der Waals surface area (Å²) in [4.78, 5) is 0. The van der Waals surface area contributed by atoms with Crippen LogP contribution in [0.3, 0.4) is 0 Å². The van der Waals surface area contributed by atoms with Crippen molar-refractivity contribution in [3.8, 4) is 5.75 Å². The minimum absolute atomic E-state index is 0.00896. The summed E-state index contributed by atoms with van der Waals surface area (Å²) in [5.74, 6) is 0.872. The molecule has 1 fully saturated rings. The van der Waals surface area contributed by atoms with Gasteiger partial charge in [0, 0.05) is 28.9 Å². The molecular weight excluding hydrogens is 497 g/mol. The molecule has 4 rings (SSSR count). The Morgan fingerprint density at radius 2 is 1.76 bits per heavy atom. The third-order valence-corrected chi connectivity index (χ3v) is 6.51. The van der Waals surface area contributed by atoms with Crippen LogP contribution in [-0.2, 0) is 22.7 Å². The van der Waals surface area contributed by atoms with E-state index in [0.717, 1.165) is 36.2 Å². The first-order valence-corrected chi connectivity index (χ1v) is 12.6. The second kappa shape index (κ2) is 13.0. The standard InChI is InChI=1S/C28H31BrFNO3/c29-24-10-7-23(27(30)17-24)20-34-28-18-31-14-13-26(28)22-8-11-25(12-9-22)33-16-4-15-32-19-21-5-2-1-3-6-21/h1-3,5-12,17,26,28,31H,4,13-16,18-20H2. The zero-order valence-electron chi connectivity index (χ0n) is 19.2. The largest absolute Gasteiger partial charge is 0.494 e. The van der Waals surface area contributed by atoms with E-state index in [4.69, 9.17) is 14.2 Å². The van der Waals surface area contributed by atoms with Gasteiger partial charge in [0.15, 0.2) is 0 Å². The zero-order valence-corrected chi connectivity index (χ0v) is 20.8. The van der Waals surface area contributed by atoms with Crippen molar-refractivity contribution in [1.82, 2.24) is 5.32 Å². The summed E-state index contributed by atoms with van der Waals surface area (Å²) in [5.41, 5.74) is 2.98. The van der Waals surface area contributed by atoms with E-state index in [9.17, 15) is 4.39 Å². The van der Waals surface area contributed by atoms with Gasteiger partial charge in [0.1, 0.15) is 11.6 Å². The molecule has 6 heteroatoms. The van der Waals surface area contributed by atoms with Crippen molar-refractivity contribution in [2.75, 3.05) is 26.3 Å². The third-order valence-electron chi connectivity index (χ3n) is 6.02. The van der Waals surface area contributed by atoms with E-state index in [1.165, 1.54) is 17.2 Å². The van der Waals surface area contributed by atoms with Gasteiger partial charge in [0.05, 0.1) is 32.5 Å². The second-order valence-corrected chi connectivity index (χ2v) is 9.41. The van der Waals surface area contributed by atoms with Crippen LogP contribution >= 0.6 is 15.9 Å². The molecule has 0 aliphatic carbocycles. The molecule has 1 aliphatic rings. The highest BCUT2D eigenvalue weighted by molar-refractivity contribution is 9.10. The Kier molecular flexibility index (Phi) is 9.51. The van der Waals surface area contributed by atoms with Gasteiger partial charge < -0.3 is 19.5 Å². The number of hydrogen-bond donors (Lipinski definition) is 1. The molecule has 0 aromatic heterocycles. The van der Waals surface area contributed by atoms with Crippen LogP contribution in [0.15, 0.2) is 77.3 Å². The summed E-state index contributed by atoms with van der Waals surface area (Å²) in [6.07, 6.45) is 1.81. The predicted octanol–water partition coefficient (Wildman–Crippen LogP) is 6.24. The lowest BCUT2D eigenvalue weighted by Crippen LogP contribution is -2.41. The van der Waals surface area contributed by atoms with Gasteiger partial charge in [-0.1, -0.05) is 64.5 Å². The molecule has 0 amide bonds. The first kappa shape index (κ1) is 24.9. The molecule has 3 aromatic rings. The van der Waals surface area contributed by atoms with E-state index in [-0.39, 0.29) is 24.4 Å². The molecule has 1 heterocycles. The smallest absolute Gasteiger partial charge is 0.129 e. The van der Waals surface area contributed by atoms with Crippen molar-refractivity contribution < 1.29 is 18.6 Å². The van der Waals surface area contributed by atoms with E-state index in [1.54, 1.807) is 6.07 Å². The molecule has 1 aliphatic heterocycles. The molecule has 0 spiro atoms. The third kappa shape index (κ3) is 7.37. The van der Waals surface area contributed by atoms with Gasteiger partial charge >= 0.3 is 0 Å². The number of rotatable bonds is 11. The minimum Gasteiger partial charge on any atom is -0.494 e. The average molecular weight is 528 g/mol. The molecule has 4 nitrogen and oxygen atoms in total. The molecule has 0 saturated carbocycles. The Hall–Kier alpha value is -2.25. The van der Waals surface area contributed by atoms with Crippen LogP contribution in [0.4, 0.5) is 4.39 Å². The Labute approximate surface area is 209 Å². The van der Waals surface area contributed by atoms with E-state index in [1.807, 2.05) is 36.4 Å². The van der Waals surface area contributed by atoms with Crippen molar-refractivity contribution in [2.45, 2.75) is 38.1 Å². The van der Waals surface area contributed by atoms with Crippen LogP contribution in [0.25, 0.3) is 0 Å². The van der Waals surface area contributed by atoms with E-state index >= 15 is 0 Å². The van der Waals surface area contributed by atoms with E-state index in [0.29, 0.717) is 25.4 Å². The number of nitrogens with one attached hydrogen (secondary N) is 1. The number of ether oxygens (including phenoxy) is 3. The van der Waals surface area contributed by atoms with Crippen LogP contribution in [0.1, 0.15) is 35.4 Å². The molecule has 1 N–H and O–H groups in total. The summed E-state index contributed by atoms with van der Waals surface area (Å²) in [6.45, 7) is 3.87. The molecule has 0 bridgehead atoms. The van der Waals surface area contributed by atoms with Gasteiger partial charge in [-0.15, -0.1) is 0 Å². The Morgan fingerprint density at radius 1 is 0.941 bits per heavy atom. The summed E-state index contributed by atoms with van der Waals surface area (Å²) in [5, 5.41) is 3.40. The number of benzene rings is 3. The quantitative estimate of drug-likeness (QED) is 0.300.